The normalized spacial score (nSPS) is 20.8. The molecular formula is C20H23N3O2S. The lowest BCUT2D eigenvalue weighted by molar-refractivity contribution is -0.122. The first-order chi connectivity index (χ1) is 12.5. The van der Waals surface area contributed by atoms with Gasteiger partial charge in [0.05, 0.1) is 5.54 Å². The molecule has 1 aliphatic heterocycles. The highest BCUT2D eigenvalue weighted by Gasteiger charge is 2.29. The van der Waals surface area contributed by atoms with Crippen LogP contribution in [-0.4, -0.2) is 22.9 Å². The maximum Gasteiger partial charge on any atom is 0.265 e. The Kier molecular flexibility index (Phi) is 5.52. The maximum atomic E-state index is 12.4. The predicted octanol–water partition coefficient (Wildman–Crippen LogP) is 3.76. The first kappa shape index (κ1) is 18.3. The molecule has 2 atom stereocenters. The molecule has 0 fully saturated rings. The summed E-state index contributed by atoms with van der Waals surface area (Å²) in [5.74, 6) is 1.41. The van der Waals surface area contributed by atoms with E-state index in [2.05, 4.69) is 17.2 Å². The zero-order chi connectivity index (χ0) is 18.6. The Morgan fingerprint density at radius 3 is 2.77 bits per heavy atom. The third-order valence-electron chi connectivity index (χ3n) is 4.37. The zero-order valence-corrected chi connectivity index (χ0v) is 15.8. The molecule has 1 amide bonds. The van der Waals surface area contributed by atoms with Crippen molar-refractivity contribution in [3.05, 3.63) is 60.2 Å². The van der Waals surface area contributed by atoms with E-state index < -0.39 is 6.10 Å². The van der Waals surface area contributed by atoms with Crippen LogP contribution in [-0.2, 0) is 10.3 Å². The van der Waals surface area contributed by atoms with Gasteiger partial charge in [-0.2, -0.15) is 0 Å². The average Bonchev–Trinajstić information content (AvgIpc) is 2.62. The summed E-state index contributed by atoms with van der Waals surface area (Å²) in [6.07, 6.45) is 0.305. The molecule has 2 aromatic carbocycles. The summed E-state index contributed by atoms with van der Waals surface area (Å²) in [5, 5.41) is 3.53. The SMILES string of the molecule is CC(Oc1ccccc1)C(=O)Nc1cccc(C2(C)CCSC(N)=N2)c1. The number of nitrogens with zero attached hydrogens (tertiary/aromatic N) is 1. The number of amides is 1. The number of amidine groups is 1. The molecule has 0 aliphatic carbocycles. The van der Waals surface area contributed by atoms with Crippen LogP contribution >= 0.6 is 11.8 Å². The van der Waals surface area contributed by atoms with Crippen molar-refractivity contribution in [3.63, 3.8) is 0 Å². The van der Waals surface area contributed by atoms with E-state index in [1.165, 1.54) is 0 Å². The van der Waals surface area contributed by atoms with Gasteiger partial charge < -0.3 is 15.8 Å². The number of hydrogen-bond acceptors (Lipinski definition) is 5. The van der Waals surface area contributed by atoms with Crippen LogP contribution in [0.4, 0.5) is 5.69 Å². The van der Waals surface area contributed by atoms with Crippen molar-refractivity contribution in [2.75, 3.05) is 11.1 Å². The number of aliphatic imine (C=N–C) groups is 1. The molecule has 0 radical (unpaired) electrons. The van der Waals surface area contributed by atoms with E-state index in [4.69, 9.17) is 10.5 Å². The van der Waals surface area contributed by atoms with Crippen LogP contribution in [0.15, 0.2) is 59.6 Å². The second kappa shape index (κ2) is 7.83. The summed E-state index contributed by atoms with van der Waals surface area (Å²) >= 11 is 1.58. The summed E-state index contributed by atoms with van der Waals surface area (Å²) < 4.78 is 5.68. The van der Waals surface area contributed by atoms with Gasteiger partial charge in [0.1, 0.15) is 5.75 Å². The lowest BCUT2D eigenvalue weighted by Crippen LogP contribution is -2.31. The Morgan fingerprint density at radius 2 is 2.04 bits per heavy atom. The summed E-state index contributed by atoms with van der Waals surface area (Å²) in [6.45, 7) is 3.80. The Bertz CT molecular complexity index is 810. The highest BCUT2D eigenvalue weighted by atomic mass is 32.2. The molecular weight excluding hydrogens is 346 g/mol. The Morgan fingerprint density at radius 1 is 1.27 bits per heavy atom. The van der Waals surface area contributed by atoms with Crippen LogP contribution in [0.5, 0.6) is 5.75 Å². The number of benzene rings is 2. The fraction of sp³-hybridized carbons (Fsp3) is 0.300. The third kappa shape index (κ3) is 4.38. The smallest absolute Gasteiger partial charge is 0.265 e. The number of nitrogens with two attached hydrogens (primary N) is 1. The van der Waals surface area contributed by atoms with Crippen molar-refractivity contribution in [3.8, 4) is 5.75 Å². The molecule has 0 aromatic heterocycles. The number of hydrogen-bond donors (Lipinski definition) is 2. The quantitative estimate of drug-likeness (QED) is 0.841. The molecule has 3 N–H and O–H groups in total. The van der Waals surface area contributed by atoms with E-state index in [0.29, 0.717) is 10.9 Å². The van der Waals surface area contributed by atoms with Gasteiger partial charge in [-0.25, -0.2) is 0 Å². The molecule has 0 saturated heterocycles. The van der Waals surface area contributed by atoms with Crippen molar-refractivity contribution < 1.29 is 9.53 Å². The monoisotopic (exact) mass is 369 g/mol. The molecule has 1 aliphatic rings. The Hall–Kier alpha value is -2.47. The predicted molar refractivity (Wildman–Crippen MR) is 108 cm³/mol. The van der Waals surface area contributed by atoms with Crippen LogP contribution in [0.3, 0.4) is 0 Å². The Balaban J connectivity index is 1.70. The molecule has 2 aromatic rings. The van der Waals surface area contributed by atoms with E-state index in [1.54, 1.807) is 18.7 Å². The molecule has 136 valence electrons. The number of rotatable bonds is 5. The summed E-state index contributed by atoms with van der Waals surface area (Å²) in [5.41, 5.74) is 7.31. The molecule has 3 rings (SSSR count). The number of carbonyl (C=O) groups is 1. The van der Waals surface area contributed by atoms with E-state index in [9.17, 15) is 4.79 Å². The van der Waals surface area contributed by atoms with E-state index >= 15 is 0 Å². The second-order valence-corrected chi connectivity index (χ2v) is 7.58. The minimum Gasteiger partial charge on any atom is -0.481 e. The minimum atomic E-state index is -0.601. The van der Waals surface area contributed by atoms with E-state index in [1.807, 2.05) is 54.6 Å². The first-order valence-corrected chi connectivity index (χ1v) is 9.56. The number of para-hydroxylation sites is 1. The highest BCUT2D eigenvalue weighted by Crippen LogP contribution is 2.35. The van der Waals surface area contributed by atoms with Crippen LogP contribution < -0.4 is 15.8 Å². The Labute approximate surface area is 158 Å². The lowest BCUT2D eigenvalue weighted by atomic mass is 9.89. The summed E-state index contributed by atoms with van der Waals surface area (Å²) in [6, 6.07) is 17.1. The molecule has 1 heterocycles. The van der Waals surface area contributed by atoms with Gasteiger partial charge in [0.25, 0.3) is 5.91 Å². The summed E-state index contributed by atoms with van der Waals surface area (Å²) in [7, 11) is 0. The number of thioether (sulfide) groups is 1. The molecule has 26 heavy (non-hydrogen) atoms. The van der Waals surface area contributed by atoms with Crippen molar-refractivity contribution in [1.29, 1.82) is 0 Å². The van der Waals surface area contributed by atoms with Gasteiger partial charge in [0.2, 0.25) is 0 Å². The number of carbonyl (C=O) groups excluding carboxylic acids is 1. The van der Waals surface area contributed by atoms with Crippen molar-refractivity contribution in [1.82, 2.24) is 0 Å². The molecule has 6 heteroatoms. The van der Waals surface area contributed by atoms with Crippen LogP contribution in [0, 0.1) is 0 Å². The van der Waals surface area contributed by atoms with Gasteiger partial charge in [-0.05, 0) is 50.1 Å². The average molecular weight is 369 g/mol. The first-order valence-electron chi connectivity index (χ1n) is 8.57. The maximum absolute atomic E-state index is 12.4. The third-order valence-corrected chi connectivity index (χ3v) is 5.17. The fourth-order valence-corrected chi connectivity index (χ4v) is 3.80. The van der Waals surface area contributed by atoms with Crippen molar-refractivity contribution >= 4 is 28.5 Å². The standard InChI is InChI=1S/C20H23N3O2S/c1-14(25-17-9-4-3-5-10-17)18(24)22-16-8-6-7-15(13-16)20(2)11-12-26-19(21)23-20/h3-10,13-14H,11-12H2,1-2H3,(H2,21,23)(H,22,24). The van der Waals surface area contributed by atoms with Crippen LogP contribution in [0.2, 0.25) is 0 Å². The van der Waals surface area contributed by atoms with Crippen molar-refractivity contribution in [2.24, 2.45) is 10.7 Å². The highest BCUT2D eigenvalue weighted by molar-refractivity contribution is 8.13. The molecule has 0 saturated carbocycles. The second-order valence-electron chi connectivity index (χ2n) is 6.47. The zero-order valence-electron chi connectivity index (χ0n) is 14.9. The minimum absolute atomic E-state index is 0.196. The van der Waals surface area contributed by atoms with E-state index in [0.717, 1.165) is 23.4 Å². The molecule has 5 nitrogen and oxygen atoms in total. The largest absolute Gasteiger partial charge is 0.481 e. The topological polar surface area (TPSA) is 76.7 Å². The van der Waals surface area contributed by atoms with Crippen LogP contribution in [0.25, 0.3) is 0 Å². The van der Waals surface area contributed by atoms with Gasteiger partial charge in [-0.15, -0.1) is 0 Å². The number of nitrogens with one attached hydrogen (secondary N) is 1. The van der Waals surface area contributed by atoms with Gasteiger partial charge >= 0.3 is 0 Å². The lowest BCUT2D eigenvalue weighted by Gasteiger charge is -2.30. The fourth-order valence-electron chi connectivity index (χ4n) is 2.83. The van der Waals surface area contributed by atoms with Gasteiger partial charge in [-0.3, -0.25) is 9.79 Å². The number of anilines is 1. The van der Waals surface area contributed by atoms with Gasteiger partial charge in [0, 0.05) is 11.4 Å². The van der Waals surface area contributed by atoms with Crippen LogP contribution in [0.1, 0.15) is 25.8 Å². The summed E-state index contributed by atoms with van der Waals surface area (Å²) in [4.78, 5) is 17.1. The van der Waals surface area contributed by atoms with E-state index in [-0.39, 0.29) is 11.4 Å². The molecule has 2 unspecified atom stereocenters. The number of ether oxygens (including phenoxy) is 1. The van der Waals surface area contributed by atoms with Gasteiger partial charge in [-0.1, -0.05) is 42.1 Å². The van der Waals surface area contributed by atoms with Gasteiger partial charge in [0.15, 0.2) is 11.3 Å². The molecule has 0 bridgehead atoms. The van der Waals surface area contributed by atoms with Crippen molar-refractivity contribution in [2.45, 2.75) is 31.9 Å². The molecule has 0 spiro atoms.